The zero-order chi connectivity index (χ0) is 13.7. The van der Waals surface area contributed by atoms with E-state index < -0.39 is 0 Å². The molecule has 0 amide bonds. The largest absolute Gasteiger partial charge is 0.380 e. The van der Waals surface area contributed by atoms with Crippen LogP contribution in [0.5, 0.6) is 0 Å². The minimum Gasteiger partial charge on any atom is -0.380 e. The molecule has 0 saturated heterocycles. The van der Waals surface area contributed by atoms with Crippen molar-refractivity contribution in [3.63, 3.8) is 0 Å². The highest BCUT2D eigenvalue weighted by atomic mass is 79.9. The average Bonchev–Trinajstić information content (AvgIpc) is 2.69. The van der Waals surface area contributed by atoms with Crippen LogP contribution in [-0.4, -0.2) is 48.5 Å². The van der Waals surface area contributed by atoms with Crippen LogP contribution in [0.4, 0.5) is 0 Å². The number of hydrazine groups is 1. The molecule has 0 aliphatic heterocycles. The minimum atomic E-state index is -0.103. The van der Waals surface area contributed by atoms with Crippen LogP contribution in [0.3, 0.4) is 0 Å². The van der Waals surface area contributed by atoms with Crippen molar-refractivity contribution in [2.75, 3.05) is 27.7 Å². The summed E-state index contributed by atoms with van der Waals surface area (Å²) in [6.07, 6.45) is 1.75. The first kappa shape index (κ1) is 15.6. The lowest BCUT2D eigenvalue weighted by atomic mass is 10.1. The summed E-state index contributed by atoms with van der Waals surface area (Å²) in [5.41, 5.74) is 3.80. The van der Waals surface area contributed by atoms with E-state index in [2.05, 4.69) is 31.4 Å². The quantitative estimate of drug-likeness (QED) is 0.573. The first-order valence-electron chi connectivity index (χ1n) is 5.86. The first-order valence-corrected chi connectivity index (χ1v) is 6.65. The van der Waals surface area contributed by atoms with Crippen LogP contribution >= 0.6 is 15.9 Å². The predicted molar refractivity (Wildman–Crippen MR) is 75.0 cm³/mol. The monoisotopic (exact) mass is 319 g/mol. The van der Waals surface area contributed by atoms with Gasteiger partial charge in [-0.05, 0) is 36.9 Å². The molecular weight excluding hydrogens is 298 g/mol. The van der Waals surface area contributed by atoms with E-state index in [0.29, 0.717) is 0 Å². The lowest BCUT2D eigenvalue weighted by Gasteiger charge is -2.24. The van der Waals surface area contributed by atoms with Crippen molar-refractivity contribution >= 4 is 15.9 Å². The second-order valence-electron chi connectivity index (χ2n) is 4.49. The maximum absolute atomic E-state index is 5.63. The number of nitrogens with two attached hydrogens (primary N) is 1. The Morgan fingerprint density at radius 3 is 2.78 bits per heavy atom. The van der Waals surface area contributed by atoms with Gasteiger partial charge >= 0.3 is 0 Å². The van der Waals surface area contributed by atoms with Crippen molar-refractivity contribution in [1.29, 1.82) is 0 Å². The highest BCUT2D eigenvalue weighted by Gasteiger charge is 2.24. The van der Waals surface area contributed by atoms with E-state index >= 15 is 0 Å². The second-order valence-corrected chi connectivity index (χ2v) is 5.34. The van der Waals surface area contributed by atoms with Crippen molar-refractivity contribution in [2.45, 2.75) is 25.6 Å². The number of hydrogen-bond donors (Lipinski definition) is 2. The highest BCUT2D eigenvalue weighted by Crippen LogP contribution is 2.26. The average molecular weight is 320 g/mol. The van der Waals surface area contributed by atoms with Crippen LogP contribution in [0.2, 0.25) is 0 Å². The lowest BCUT2D eigenvalue weighted by molar-refractivity contribution is 0.0796. The highest BCUT2D eigenvalue weighted by molar-refractivity contribution is 9.10. The van der Waals surface area contributed by atoms with E-state index in [1.54, 1.807) is 13.3 Å². The van der Waals surface area contributed by atoms with Crippen LogP contribution in [0.15, 0.2) is 10.7 Å². The predicted octanol–water partition coefficient (Wildman–Crippen LogP) is 0.746. The zero-order valence-electron chi connectivity index (χ0n) is 11.4. The van der Waals surface area contributed by atoms with Gasteiger partial charge in [-0.1, -0.05) is 0 Å². The molecule has 1 rings (SSSR count). The van der Waals surface area contributed by atoms with E-state index in [1.165, 1.54) is 0 Å². The van der Waals surface area contributed by atoms with Gasteiger partial charge in [-0.25, -0.2) is 5.43 Å². The Morgan fingerprint density at radius 2 is 2.28 bits per heavy atom. The topological polar surface area (TPSA) is 68.3 Å². The minimum absolute atomic E-state index is 0.0406. The Morgan fingerprint density at radius 1 is 1.61 bits per heavy atom. The molecule has 0 fully saturated rings. The molecule has 7 heteroatoms. The third-order valence-corrected chi connectivity index (χ3v) is 3.52. The van der Waals surface area contributed by atoms with Crippen LogP contribution in [0.1, 0.15) is 18.7 Å². The summed E-state index contributed by atoms with van der Waals surface area (Å²) in [5.74, 6) is 5.63. The number of rotatable bonds is 7. The molecule has 2 atom stereocenters. The Kier molecular flexibility index (Phi) is 6.24. The molecule has 1 aromatic rings. The number of likely N-dealkylation sites (N-methyl/N-ethyl adjacent to an activating group) is 1. The summed E-state index contributed by atoms with van der Waals surface area (Å²) >= 11 is 3.52. The number of nitrogens with zero attached hydrogens (tertiary/aromatic N) is 3. The first-order chi connectivity index (χ1) is 8.51. The van der Waals surface area contributed by atoms with Crippen LogP contribution in [0, 0.1) is 0 Å². The van der Waals surface area contributed by atoms with Gasteiger partial charge in [0.05, 0.1) is 35.1 Å². The van der Waals surface area contributed by atoms with Crippen LogP contribution < -0.4 is 11.3 Å². The van der Waals surface area contributed by atoms with Crippen LogP contribution in [0.25, 0.3) is 0 Å². The summed E-state index contributed by atoms with van der Waals surface area (Å²) in [4.78, 5) is 2.12. The fourth-order valence-corrected chi connectivity index (χ4v) is 2.27. The molecule has 0 saturated carbocycles. The van der Waals surface area contributed by atoms with Gasteiger partial charge in [0, 0.05) is 13.7 Å². The smallest absolute Gasteiger partial charge is 0.0898 e. The van der Waals surface area contributed by atoms with E-state index in [1.807, 2.05) is 25.7 Å². The maximum atomic E-state index is 5.63. The van der Waals surface area contributed by atoms with Gasteiger partial charge in [0.15, 0.2) is 0 Å². The molecule has 0 bridgehead atoms. The molecule has 18 heavy (non-hydrogen) atoms. The summed E-state index contributed by atoms with van der Waals surface area (Å²) in [5, 5.41) is 4.37. The molecule has 0 aliphatic carbocycles. The molecule has 104 valence electrons. The number of halogens is 1. The standard InChI is InChI=1S/C11H22BrN5O/c1-8(18-4)10(15-13)11-9(12)7-14-17(11)6-5-16(2)3/h7-8,10,15H,5-6,13H2,1-4H3. The number of nitrogens with one attached hydrogen (secondary N) is 1. The van der Waals surface area contributed by atoms with Gasteiger partial charge in [-0.3, -0.25) is 10.5 Å². The zero-order valence-corrected chi connectivity index (χ0v) is 12.9. The van der Waals surface area contributed by atoms with E-state index in [0.717, 1.165) is 23.3 Å². The summed E-state index contributed by atoms with van der Waals surface area (Å²) in [6.45, 7) is 3.70. The molecule has 3 N–H and O–H groups in total. The molecule has 6 nitrogen and oxygen atoms in total. The van der Waals surface area contributed by atoms with Crippen molar-refractivity contribution < 1.29 is 4.74 Å². The number of aromatic nitrogens is 2. The molecule has 0 spiro atoms. The summed E-state index contributed by atoms with van der Waals surface area (Å²) in [6, 6.07) is -0.103. The molecule has 2 unspecified atom stereocenters. The molecular formula is C11H22BrN5O. The summed E-state index contributed by atoms with van der Waals surface area (Å²) < 4.78 is 8.23. The van der Waals surface area contributed by atoms with Gasteiger partial charge in [-0.2, -0.15) is 5.10 Å². The van der Waals surface area contributed by atoms with E-state index in [9.17, 15) is 0 Å². The lowest BCUT2D eigenvalue weighted by Crippen LogP contribution is -2.38. The third-order valence-electron chi connectivity index (χ3n) is 2.91. The molecule has 1 heterocycles. The Balaban J connectivity index is 2.94. The molecule has 0 aromatic carbocycles. The Labute approximate surface area is 117 Å². The third kappa shape index (κ3) is 3.76. The van der Waals surface area contributed by atoms with Gasteiger partial charge in [0.25, 0.3) is 0 Å². The fraction of sp³-hybridized carbons (Fsp3) is 0.727. The van der Waals surface area contributed by atoms with Crippen LogP contribution in [-0.2, 0) is 11.3 Å². The summed E-state index contributed by atoms with van der Waals surface area (Å²) in [7, 11) is 5.74. The number of hydrogen-bond acceptors (Lipinski definition) is 5. The molecule has 1 aromatic heterocycles. The number of ether oxygens (including phenoxy) is 1. The number of methoxy groups -OCH3 is 1. The van der Waals surface area contributed by atoms with Gasteiger partial charge in [0.2, 0.25) is 0 Å². The van der Waals surface area contributed by atoms with E-state index in [4.69, 9.17) is 10.6 Å². The van der Waals surface area contributed by atoms with Crippen molar-refractivity contribution in [3.05, 3.63) is 16.4 Å². The van der Waals surface area contributed by atoms with Gasteiger partial charge < -0.3 is 9.64 Å². The van der Waals surface area contributed by atoms with Crippen molar-refractivity contribution in [2.24, 2.45) is 5.84 Å². The maximum Gasteiger partial charge on any atom is 0.0898 e. The van der Waals surface area contributed by atoms with Crippen molar-refractivity contribution in [1.82, 2.24) is 20.1 Å². The fourth-order valence-electron chi connectivity index (χ4n) is 1.73. The Bertz CT molecular complexity index is 368. The van der Waals surface area contributed by atoms with Gasteiger partial charge in [-0.15, -0.1) is 0 Å². The Hall–Kier alpha value is -0.470. The van der Waals surface area contributed by atoms with Gasteiger partial charge in [0.1, 0.15) is 0 Å². The van der Waals surface area contributed by atoms with E-state index in [-0.39, 0.29) is 12.1 Å². The second kappa shape index (κ2) is 7.20. The molecule has 0 aliphatic rings. The molecule has 0 radical (unpaired) electrons. The van der Waals surface area contributed by atoms with Crippen molar-refractivity contribution in [3.8, 4) is 0 Å². The normalized spacial score (nSPS) is 15.1. The SMILES string of the molecule is COC(C)C(NN)c1c(Br)cnn1CCN(C)C.